The molecule has 73 valence electrons. The number of hydrogen-bond donors (Lipinski definition) is 1. The molecule has 0 spiro atoms. The van der Waals surface area contributed by atoms with Crippen molar-refractivity contribution in [3.05, 3.63) is 6.26 Å². The maximum atomic E-state index is 11.6. The SMILES string of the molecule is [CH2][SH](CCCC)C(=O)C(C)(C)C. The minimum Gasteiger partial charge on any atom is -0.289 e. The van der Waals surface area contributed by atoms with Crippen LogP contribution in [0.5, 0.6) is 0 Å². The number of thiol groups is 1. The Kier molecular flexibility index (Phi) is 4.91. The predicted molar refractivity (Wildman–Crippen MR) is 58.6 cm³/mol. The molecule has 0 bridgehead atoms. The summed E-state index contributed by atoms with van der Waals surface area (Å²) in [5, 5.41) is 0.353. The highest BCUT2D eigenvalue weighted by Gasteiger charge is 2.23. The summed E-state index contributed by atoms with van der Waals surface area (Å²) in [5.41, 5.74) is -0.193. The van der Waals surface area contributed by atoms with Crippen molar-refractivity contribution >= 4 is 16.0 Å². The molecule has 1 unspecified atom stereocenters. The highest BCUT2D eigenvalue weighted by Crippen LogP contribution is 2.34. The lowest BCUT2D eigenvalue weighted by Gasteiger charge is -2.24. The smallest absolute Gasteiger partial charge is 0.174 e. The second kappa shape index (κ2) is 4.90. The topological polar surface area (TPSA) is 17.1 Å². The quantitative estimate of drug-likeness (QED) is 0.675. The summed E-state index contributed by atoms with van der Waals surface area (Å²) in [6, 6.07) is 0. The van der Waals surface area contributed by atoms with Crippen molar-refractivity contribution in [3.8, 4) is 0 Å². The average molecular weight is 189 g/mol. The molecule has 1 atom stereocenters. The van der Waals surface area contributed by atoms with Gasteiger partial charge in [-0.2, -0.15) is 10.9 Å². The zero-order valence-corrected chi connectivity index (χ0v) is 9.58. The Balaban J connectivity index is 3.94. The van der Waals surface area contributed by atoms with Gasteiger partial charge in [-0.05, 0) is 18.4 Å². The number of carbonyl (C=O) groups excluding carboxylic acids is 1. The second-order valence-corrected chi connectivity index (χ2v) is 6.11. The first-order valence-corrected chi connectivity index (χ1v) is 6.23. The standard InChI is InChI=1S/C10H21OS/c1-6-7-8-12(5)9(11)10(2,3)4/h12H,5-8H2,1-4H3. The Bertz CT molecular complexity index is 146. The van der Waals surface area contributed by atoms with Crippen LogP contribution in [0.25, 0.3) is 0 Å². The molecular formula is C10H21OS. The number of rotatable bonds is 3. The molecule has 0 aromatic heterocycles. The van der Waals surface area contributed by atoms with Crippen molar-refractivity contribution < 1.29 is 4.79 Å². The molecule has 2 heteroatoms. The lowest BCUT2D eigenvalue weighted by molar-refractivity contribution is -0.117. The van der Waals surface area contributed by atoms with Crippen LogP contribution in [0.1, 0.15) is 40.5 Å². The van der Waals surface area contributed by atoms with E-state index in [9.17, 15) is 4.79 Å². The van der Waals surface area contributed by atoms with Crippen molar-refractivity contribution in [1.82, 2.24) is 0 Å². The summed E-state index contributed by atoms with van der Waals surface area (Å²) in [7, 11) is -0.625. The Labute approximate surface area is 79.3 Å². The van der Waals surface area contributed by atoms with E-state index >= 15 is 0 Å². The van der Waals surface area contributed by atoms with Gasteiger partial charge in [0.2, 0.25) is 0 Å². The van der Waals surface area contributed by atoms with Crippen molar-refractivity contribution in [3.63, 3.8) is 0 Å². The van der Waals surface area contributed by atoms with Gasteiger partial charge in [0.15, 0.2) is 5.12 Å². The third kappa shape index (κ3) is 4.15. The van der Waals surface area contributed by atoms with Crippen LogP contribution in [-0.2, 0) is 4.79 Å². The normalized spacial score (nSPS) is 15.9. The van der Waals surface area contributed by atoms with Crippen molar-refractivity contribution in [2.24, 2.45) is 5.41 Å². The minimum absolute atomic E-state index is 0.193. The van der Waals surface area contributed by atoms with Gasteiger partial charge in [0.05, 0.1) is 0 Å². The van der Waals surface area contributed by atoms with Gasteiger partial charge in [-0.15, -0.1) is 0 Å². The van der Waals surface area contributed by atoms with Gasteiger partial charge in [-0.25, -0.2) is 0 Å². The zero-order valence-electron chi connectivity index (χ0n) is 8.68. The summed E-state index contributed by atoms with van der Waals surface area (Å²) in [6.07, 6.45) is 6.25. The van der Waals surface area contributed by atoms with E-state index in [-0.39, 0.29) is 5.41 Å². The Morgan fingerprint density at radius 3 is 2.25 bits per heavy atom. The van der Waals surface area contributed by atoms with Crippen LogP contribution in [0, 0.1) is 11.7 Å². The summed E-state index contributed by atoms with van der Waals surface area (Å²) in [4.78, 5) is 11.6. The average Bonchev–Trinajstić information content (AvgIpc) is 1.97. The number of hydrogen-bond acceptors (Lipinski definition) is 1. The van der Waals surface area contributed by atoms with Gasteiger partial charge < -0.3 is 0 Å². The highest BCUT2D eigenvalue weighted by molar-refractivity contribution is 8.30. The zero-order chi connectivity index (χ0) is 9.78. The lowest BCUT2D eigenvalue weighted by Crippen LogP contribution is -2.20. The molecule has 0 aromatic carbocycles. The molecule has 0 rings (SSSR count). The fourth-order valence-electron chi connectivity index (χ4n) is 0.925. The first kappa shape index (κ1) is 12.0. The van der Waals surface area contributed by atoms with E-state index < -0.39 is 10.9 Å². The molecule has 0 aliphatic heterocycles. The molecule has 0 aromatic rings. The largest absolute Gasteiger partial charge is 0.289 e. The van der Waals surface area contributed by atoms with E-state index in [1.807, 2.05) is 20.8 Å². The monoisotopic (exact) mass is 189 g/mol. The van der Waals surface area contributed by atoms with E-state index in [2.05, 4.69) is 13.2 Å². The molecule has 0 saturated heterocycles. The molecular weight excluding hydrogens is 168 g/mol. The van der Waals surface area contributed by atoms with Crippen molar-refractivity contribution in [2.75, 3.05) is 5.75 Å². The van der Waals surface area contributed by atoms with Gasteiger partial charge >= 0.3 is 0 Å². The van der Waals surface area contributed by atoms with Gasteiger partial charge in [0.25, 0.3) is 0 Å². The van der Waals surface area contributed by atoms with E-state index in [1.165, 1.54) is 0 Å². The molecule has 0 aliphatic rings. The van der Waals surface area contributed by atoms with Gasteiger partial charge in [0, 0.05) is 5.41 Å². The molecule has 1 nitrogen and oxygen atoms in total. The van der Waals surface area contributed by atoms with E-state index in [0.717, 1.165) is 18.6 Å². The van der Waals surface area contributed by atoms with Crippen LogP contribution in [0.4, 0.5) is 0 Å². The summed E-state index contributed by atoms with van der Waals surface area (Å²) < 4.78 is 0. The van der Waals surface area contributed by atoms with Gasteiger partial charge in [-0.3, -0.25) is 4.79 Å². The molecule has 0 fully saturated rings. The second-order valence-electron chi connectivity index (χ2n) is 4.17. The number of unbranched alkanes of at least 4 members (excludes halogenated alkanes) is 1. The van der Waals surface area contributed by atoms with Crippen LogP contribution in [0.15, 0.2) is 0 Å². The Morgan fingerprint density at radius 2 is 1.92 bits per heavy atom. The van der Waals surface area contributed by atoms with Gasteiger partial charge in [-0.1, -0.05) is 34.1 Å². The fraction of sp³-hybridized carbons (Fsp3) is 0.800. The summed E-state index contributed by atoms with van der Waals surface area (Å²) >= 11 is 0. The summed E-state index contributed by atoms with van der Waals surface area (Å²) in [6.45, 7) is 8.07. The third-order valence-corrected chi connectivity index (χ3v) is 3.81. The first-order chi connectivity index (χ1) is 5.39. The van der Waals surface area contributed by atoms with Crippen molar-refractivity contribution in [1.29, 1.82) is 0 Å². The van der Waals surface area contributed by atoms with Crippen LogP contribution in [0.3, 0.4) is 0 Å². The van der Waals surface area contributed by atoms with Crippen LogP contribution in [-0.4, -0.2) is 10.9 Å². The fourth-order valence-corrected chi connectivity index (χ4v) is 2.77. The van der Waals surface area contributed by atoms with Gasteiger partial charge in [0.1, 0.15) is 0 Å². The molecule has 0 N–H and O–H groups in total. The van der Waals surface area contributed by atoms with E-state index in [0.29, 0.717) is 5.12 Å². The predicted octanol–water partition coefficient (Wildman–Crippen LogP) is 3.15. The van der Waals surface area contributed by atoms with Crippen LogP contribution < -0.4 is 0 Å². The lowest BCUT2D eigenvalue weighted by atomic mass is 10.00. The van der Waals surface area contributed by atoms with E-state index in [4.69, 9.17) is 0 Å². The first-order valence-electron chi connectivity index (χ1n) is 4.52. The maximum absolute atomic E-state index is 11.6. The highest BCUT2D eigenvalue weighted by atomic mass is 32.2. The molecule has 0 aliphatic carbocycles. The third-order valence-electron chi connectivity index (χ3n) is 1.71. The van der Waals surface area contributed by atoms with Crippen LogP contribution >= 0.6 is 10.9 Å². The Hall–Kier alpha value is 0.0200. The maximum Gasteiger partial charge on any atom is 0.174 e. The van der Waals surface area contributed by atoms with Crippen LogP contribution in [0.2, 0.25) is 0 Å². The Morgan fingerprint density at radius 1 is 1.42 bits per heavy atom. The molecule has 1 radical (unpaired) electrons. The molecule has 12 heavy (non-hydrogen) atoms. The molecule has 0 heterocycles. The van der Waals surface area contributed by atoms with Crippen molar-refractivity contribution in [2.45, 2.75) is 40.5 Å². The molecule has 0 amide bonds. The molecule has 0 saturated carbocycles. The minimum atomic E-state index is -0.625. The summed E-state index contributed by atoms with van der Waals surface area (Å²) in [5.74, 6) is 1.00. The number of carbonyl (C=O) groups is 1. The van der Waals surface area contributed by atoms with E-state index in [1.54, 1.807) is 0 Å².